The zero-order valence-corrected chi connectivity index (χ0v) is 18.0. The zero-order chi connectivity index (χ0) is 22.3. The van der Waals surface area contributed by atoms with Crippen molar-refractivity contribution in [1.82, 2.24) is 20.6 Å². The van der Waals surface area contributed by atoms with Gasteiger partial charge in [0, 0.05) is 38.9 Å². The minimum absolute atomic E-state index is 0.0177. The van der Waals surface area contributed by atoms with E-state index in [1.54, 1.807) is 0 Å². The lowest BCUT2D eigenvalue weighted by atomic mass is 10.4. The highest BCUT2D eigenvalue weighted by molar-refractivity contribution is 6.01. The maximum Gasteiger partial charge on any atom is 0.334 e. The van der Waals surface area contributed by atoms with Crippen LogP contribution in [0.15, 0.2) is 0 Å². The lowest BCUT2D eigenvalue weighted by Crippen LogP contribution is -2.46. The molecule has 30 heavy (non-hydrogen) atoms. The molecule has 2 N–H and O–H groups in total. The Balaban J connectivity index is 1.60. The Labute approximate surface area is 176 Å². The molecule has 4 amide bonds. The third kappa shape index (κ3) is 7.40. The first-order valence-corrected chi connectivity index (χ1v) is 10.4. The van der Waals surface area contributed by atoms with Crippen LogP contribution in [0.1, 0.15) is 59.3 Å². The van der Waals surface area contributed by atoms with Crippen LogP contribution in [0.4, 0.5) is 0 Å². The van der Waals surface area contributed by atoms with Crippen molar-refractivity contribution in [3.05, 3.63) is 0 Å². The lowest BCUT2D eigenvalue weighted by Gasteiger charge is -2.30. The van der Waals surface area contributed by atoms with Crippen LogP contribution in [-0.2, 0) is 28.8 Å². The van der Waals surface area contributed by atoms with Gasteiger partial charge in [0.2, 0.25) is 11.8 Å². The highest BCUT2D eigenvalue weighted by atomic mass is 16.7. The van der Waals surface area contributed by atoms with E-state index in [9.17, 15) is 24.0 Å². The van der Waals surface area contributed by atoms with Crippen LogP contribution in [0.5, 0.6) is 0 Å². The molecule has 0 aromatic carbocycles. The van der Waals surface area contributed by atoms with Gasteiger partial charge in [-0.15, -0.1) is 5.06 Å². The first kappa shape index (κ1) is 23.8. The molecule has 0 aromatic heterocycles. The van der Waals surface area contributed by atoms with Gasteiger partial charge in [-0.3, -0.25) is 24.1 Å². The molecule has 10 nitrogen and oxygen atoms in total. The second-order valence-corrected chi connectivity index (χ2v) is 8.88. The van der Waals surface area contributed by atoms with Crippen LogP contribution < -0.4 is 10.6 Å². The summed E-state index contributed by atoms with van der Waals surface area (Å²) in [6.07, 6.45) is 1.79. The number of imide groups is 1. The molecule has 0 aromatic rings. The minimum atomic E-state index is -0.771. The number of carbonyl (C=O) groups excluding carboxylic acids is 5. The standard InChI is InChI=1S/C20H32N4O6/c1-20(2,3)13-23-12-4-5-14(23)19(29)22-10-8-15(25)21-11-9-18(28)30-24-16(26)6-7-17(24)27/h14H,4-13H2,1-3H3,(H,21,25)(H,22,29)/i1+1,2+1,3+1,13+1,14+1,15+1,20+1,21+1,23+1. The van der Waals surface area contributed by atoms with Crippen molar-refractivity contribution in [2.24, 2.45) is 5.41 Å². The van der Waals surface area contributed by atoms with Crippen LogP contribution in [0.25, 0.3) is 0 Å². The average Bonchev–Trinajstić information content (AvgIpc) is 3.21. The van der Waals surface area contributed by atoms with Crippen molar-refractivity contribution in [2.75, 3.05) is 26.2 Å². The molecule has 10 heteroatoms. The van der Waals surface area contributed by atoms with E-state index in [-0.39, 0.29) is 62.0 Å². The second-order valence-electron chi connectivity index (χ2n) is 8.88. The second kappa shape index (κ2) is 10.5. The summed E-state index contributed by atoms with van der Waals surface area (Å²) in [6, 6.07) is -0.155. The van der Waals surface area contributed by atoms with E-state index in [1.807, 2.05) is 0 Å². The minimum Gasteiger partial charge on any atom is -0.355 e. The highest BCUT2D eigenvalue weighted by Gasteiger charge is 2.33. The number of hydrogen-bond donors (Lipinski definition) is 2. The fraction of sp³-hybridized carbons (Fsp3) is 0.750. The van der Waals surface area contributed by atoms with Gasteiger partial charge in [0.1, 0.15) is 0 Å². The van der Waals surface area contributed by atoms with Crippen LogP contribution in [0.3, 0.4) is 0 Å². The predicted octanol–water partition coefficient (Wildman–Crippen LogP) is 0.117. The number of nitrogens with one attached hydrogen (secondary N) is 2. The summed E-state index contributed by atoms with van der Waals surface area (Å²) < 4.78 is 0. The van der Waals surface area contributed by atoms with E-state index in [1.165, 1.54) is 0 Å². The molecule has 0 spiro atoms. The summed E-state index contributed by atoms with van der Waals surface area (Å²) >= 11 is 0. The zero-order valence-electron chi connectivity index (χ0n) is 18.0. The van der Waals surface area contributed by atoms with Crippen LogP contribution in [0, 0.1) is 5.41 Å². The maximum atomic E-state index is 12.4. The molecule has 0 saturated carbocycles. The fourth-order valence-electron chi connectivity index (χ4n) is 3.54. The summed E-state index contributed by atoms with van der Waals surface area (Å²) in [6.45, 7) is 8.40. The van der Waals surface area contributed by atoms with Gasteiger partial charge in [-0.2, -0.15) is 0 Å². The van der Waals surface area contributed by atoms with Crippen molar-refractivity contribution in [2.45, 2.75) is 65.3 Å². The largest absolute Gasteiger partial charge is 0.355 e. The molecule has 0 radical (unpaired) electrons. The van der Waals surface area contributed by atoms with E-state index >= 15 is 0 Å². The quantitative estimate of drug-likeness (QED) is 0.301. The molecule has 2 rings (SSSR count). The number of rotatable bonds is 9. The maximum absolute atomic E-state index is 12.4. The van der Waals surface area contributed by atoms with Crippen LogP contribution in [-0.4, -0.2) is 71.8 Å². The van der Waals surface area contributed by atoms with Crippen molar-refractivity contribution >= 4 is 29.6 Å². The number of likely N-dealkylation sites (tertiary alicyclic amines) is 1. The van der Waals surface area contributed by atoms with Gasteiger partial charge < -0.3 is 15.5 Å². The van der Waals surface area contributed by atoms with Crippen molar-refractivity contribution in [3.8, 4) is 0 Å². The molecule has 2 heterocycles. The molecule has 2 fully saturated rings. The third-order valence-electron chi connectivity index (χ3n) is 4.85. The number of hydrogen-bond acceptors (Lipinski definition) is 7. The Kier molecular flexibility index (Phi) is 8.33. The van der Waals surface area contributed by atoms with Gasteiger partial charge in [-0.1, -0.05) is 20.8 Å². The van der Waals surface area contributed by atoms with Crippen molar-refractivity contribution < 1.29 is 28.8 Å². The molecule has 1 unspecified atom stereocenters. The van der Waals surface area contributed by atoms with Gasteiger partial charge in [-0.25, -0.2) is 4.79 Å². The molecule has 2 aliphatic rings. The van der Waals surface area contributed by atoms with Gasteiger partial charge in [0.05, 0.1) is 12.5 Å². The van der Waals surface area contributed by atoms with E-state index in [0.29, 0.717) is 5.06 Å². The molecule has 168 valence electrons. The summed E-state index contributed by atoms with van der Waals surface area (Å²) in [7, 11) is 0. The Morgan fingerprint density at radius 1 is 1.03 bits per heavy atom. The van der Waals surface area contributed by atoms with Gasteiger partial charge in [0.25, 0.3) is 11.8 Å². The fourth-order valence-corrected chi connectivity index (χ4v) is 3.54. The van der Waals surface area contributed by atoms with Crippen molar-refractivity contribution in [1.29, 1.82) is 0 Å². The predicted molar refractivity (Wildman–Crippen MR) is 106 cm³/mol. The van der Waals surface area contributed by atoms with Gasteiger partial charge in [-0.05, 0) is 24.8 Å². The van der Waals surface area contributed by atoms with Crippen molar-refractivity contribution in [3.63, 3.8) is 0 Å². The molecular weight excluding hydrogens is 401 g/mol. The topological polar surface area (TPSA) is 125 Å². The van der Waals surface area contributed by atoms with E-state index < -0.39 is 17.8 Å². The molecule has 0 bridgehead atoms. The van der Waals surface area contributed by atoms with Gasteiger partial charge >= 0.3 is 5.97 Å². The van der Waals surface area contributed by atoms with E-state index in [2.05, 4.69) is 36.3 Å². The summed E-state index contributed by atoms with van der Waals surface area (Å²) in [4.78, 5) is 65.7. The summed E-state index contributed by atoms with van der Waals surface area (Å²) in [5.74, 6) is -2.23. The van der Waals surface area contributed by atoms with E-state index in [4.69, 9.17) is 4.84 Å². The summed E-state index contributed by atoms with van der Waals surface area (Å²) in [5.41, 5.74) is 0.110. The Morgan fingerprint density at radius 3 is 2.30 bits per heavy atom. The van der Waals surface area contributed by atoms with Crippen LogP contribution >= 0.6 is 0 Å². The number of amides is 4. The monoisotopic (exact) mass is 433 g/mol. The average molecular weight is 433 g/mol. The van der Waals surface area contributed by atoms with Crippen LogP contribution in [0.2, 0.25) is 0 Å². The smallest absolute Gasteiger partial charge is 0.334 e. The molecule has 2 saturated heterocycles. The van der Waals surface area contributed by atoms with E-state index in [0.717, 1.165) is 25.9 Å². The first-order valence-electron chi connectivity index (χ1n) is 10.4. The normalized spacial score (nSPS) is 19.8. The summed E-state index contributed by atoms with van der Waals surface area (Å²) in [5, 5.41) is 5.85. The number of nitrogens with zero attached hydrogens (tertiary/aromatic N) is 2. The number of hydroxylamine groups is 2. The Hall–Kier alpha value is -2.49. The molecular formula is C20H32N4O6. The Bertz CT molecular complexity index is 671. The lowest BCUT2D eigenvalue weighted by molar-refractivity contribution is -0.197. The molecule has 0 aliphatic carbocycles. The number of carbonyl (C=O) groups is 5. The first-order chi connectivity index (χ1) is 14.1. The van der Waals surface area contributed by atoms with Gasteiger partial charge in [0.15, 0.2) is 0 Å². The Morgan fingerprint density at radius 2 is 1.67 bits per heavy atom. The highest BCUT2D eigenvalue weighted by Crippen LogP contribution is 2.23. The third-order valence-corrected chi connectivity index (χ3v) is 4.85. The SMILES string of the molecule is [13CH3][13C]([13CH3])([13CH3])[13CH2][15N]1CCC[13CH]1C(=O)NCC[13C](=O)[15NH]CCC(=O)ON1C(=O)CCC1=O. The molecule has 2 aliphatic heterocycles. The molecule has 1 atom stereocenters.